The van der Waals surface area contributed by atoms with E-state index in [2.05, 4.69) is 45.8 Å². The lowest BCUT2D eigenvalue weighted by molar-refractivity contribution is 0.875. The molecule has 0 bridgehead atoms. The number of nitrogens with one attached hydrogen (secondary N) is 1. The van der Waals surface area contributed by atoms with Crippen LogP contribution in [0.15, 0.2) is 22.9 Å². The molecule has 0 unspecified atom stereocenters. The normalized spacial score (nSPS) is 11.4. The molecule has 1 N–H and O–H groups in total. The maximum absolute atomic E-state index is 4.28. The van der Waals surface area contributed by atoms with Crippen LogP contribution >= 0.6 is 15.9 Å². The second kappa shape index (κ2) is 3.14. The predicted molar refractivity (Wildman–Crippen MR) is 57.9 cm³/mol. The van der Waals surface area contributed by atoms with Gasteiger partial charge in [-0.15, -0.1) is 0 Å². The van der Waals surface area contributed by atoms with Crippen LogP contribution in [-0.4, -0.2) is 9.97 Å². The fourth-order valence-electron chi connectivity index (χ4n) is 1.48. The van der Waals surface area contributed by atoms with Gasteiger partial charge in [0.1, 0.15) is 5.65 Å². The Balaban J connectivity index is 2.71. The van der Waals surface area contributed by atoms with Crippen LogP contribution in [0.25, 0.3) is 11.0 Å². The van der Waals surface area contributed by atoms with Gasteiger partial charge in [-0.3, -0.25) is 0 Å². The largest absolute Gasteiger partial charge is 0.346 e. The van der Waals surface area contributed by atoms with Gasteiger partial charge < -0.3 is 4.98 Å². The summed E-state index contributed by atoms with van der Waals surface area (Å²) in [5.41, 5.74) is 2.29. The van der Waals surface area contributed by atoms with Crippen LogP contribution in [0, 0.1) is 0 Å². The molecule has 2 rings (SSSR count). The van der Waals surface area contributed by atoms with E-state index in [4.69, 9.17) is 0 Å². The number of rotatable bonds is 1. The van der Waals surface area contributed by atoms with Crippen molar-refractivity contribution in [1.82, 2.24) is 9.97 Å². The van der Waals surface area contributed by atoms with Crippen molar-refractivity contribution in [3.05, 3.63) is 28.5 Å². The molecule has 0 saturated heterocycles. The van der Waals surface area contributed by atoms with Crippen LogP contribution in [0.2, 0.25) is 0 Å². The maximum Gasteiger partial charge on any atom is 0.137 e. The van der Waals surface area contributed by atoms with Gasteiger partial charge in [-0.25, -0.2) is 4.98 Å². The van der Waals surface area contributed by atoms with Crippen molar-refractivity contribution < 1.29 is 0 Å². The van der Waals surface area contributed by atoms with E-state index in [0.29, 0.717) is 5.92 Å². The molecule has 0 amide bonds. The van der Waals surface area contributed by atoms with E-state index in [1.165, 1.54) is 10.9 Å². The Bertz CT molecular complexity index is 431. The van der Waals surface area contributed by atoms with Gasteiger partial charge in [-0.05, 0) is 33.5 Å². The second-order valence-electron chi connectivity index (χ2n) is 3.45. The number of aromatic amines is 1. The first-order valence-electron chi connectivity index (χ1n) is 4.31. The first kappa shape index (κ1) is 8.75. The van der Waals surface area contributed by atoms with E-state index < -0.39 is 0 Å². The highest BCUT2D eigenvalue weighted by atomic mass is 79.9. The first-order valence-corrected chi connectivity index (χ1v) is 5.10. The highest BCUT2D eigenvalue weighted by Crippen LogP contribution is 2.25. The van der Waals surface area contributed by atoms with Gasteiger partial charge in [0.15, 0.2) is 0 Å². The molecule has 0 spiro atoms. The molecule has 0 aliphatic heterocycles. The molecule has 0 saturated carbocycles. The van der Waals surface area contributed by atoms with E-state index in [-0.39, 0.29) is 0 Å². The van der Waals surface area contributed by atoms with Crippen molar-refractivity contribution in [3.63, 3.8) is 0 Å². The summed E-state index contributed by atoms with van der Waals surface area (Å²) in [5, 5.41) is 1.21. The van der Waals surface area contributed by atoms with E-state index in [1.807, 2.05) is 12.4 Å². The summed E-state index contributed by atoms with van der Waals surface area (Å²) in [4.78, 5) is 7.45. The van der Waals surface area contributed by atoms with Crippen LogP contribution in [0.3, 0.4) is 0 Å². The van der Waals surface area contributed by atoms with Gasteiger partial charge in [0.25, 0.3) is 0 Å². The molecule has 2 aromatic heterocycles. The van der Waals surface area contributed by atoms with Gasteiger partial charge in [0.05, 0.1) is 0 Å². The van der Waals surface area contributed by atoms with Crippen LogP contribution in [0.4, 0.5) is 0 Å². The van der Waals surface area contributed by atoms with Gasteiger partial charge in [0.2, 0.25) is 0 Å². The van der Waals surface area contributed by atoms with E-state index in [0.717, 1.165) is 10.1 Å². The van der Waals surface area contributed by atoms with Gasteiger partial charge in [0, 0.05) is 22.3 Å². The van der Waals surface area contributed by atoms with Gasteiger partial charge in [-0.2, -0.15) is 0 Å². The molecule has 0 fully saturated rings. The van der Waals surface area contributed by atoms with E-state index in [9.17, 15) is 0 Å². The van der Waals surface area contributed by atoms with Gasteiger partial charge >= 0.3 is 0 Å². The zero-order valence-electron chi connectivity index (χ0n) is 7.63. The Morgan fingerprint density at radius 2 is 2.23 bits per heavy atom. The van der Waals surface area contributed by atoms with Crippen LogP contribution in [0.5, 0.6) is 0 Å². The predicted octanol–water partition coefficient (Wildman–Crippen LogP) is 3.45. The Morgan fingerprint density at radius 3 is 2.92 bits per heavy atom. The Hall–Kier alpha value is -0.830. The number of hydrogen-bond acceptors (Lipinski definition) is 1. The van der Waals surface area contributed by atoms with Crippen molar-refractivity contribution in [3.8, 4) is 0 Å². The van der Waals surface area contributed by atoms with E-state index in [1.54, 1.807) is 0 Å². The Morgan fingerprint density at radius 1 is 1.46 bits per heavy atom. The molecule has 0 aromatic carbocycles. The van der Waals surface area contributed by atoms with E-state index >= 15 is 0 Å². The highest BCUT2D eigenvalue weighted by Gasteiger charge is 2.07. The molecule has 2 heterocycles. The average Bonchev–Trinajstić information content (AvgIpc) is 2.46. The zero-order chi connectivity index (χ0) is 9.42. The molecule has 2 nitrogen and oxygen atoms in total. The highest BCUT2D eigenvalue weighted by molar-refractivity contribution is 9.10. The van der Waals surface area contributed by atoms with Crippen molar-refractivity contribution in [2.75, 3.05) is 0 Å². The third kappa shape index (κ3) is 1.48. The zero-order valence-corrected chi connectivity index (χ0v) is 9.22. The molecular formula is C10H11BrN2. The SMILES string of the molecule is CC(C)c1c[nH]c2ncc(Br)cc12. The Kier molecular flexibility index (Phi) is 2.12. The minimum Gasteiger partial charge on any atom is -0.346 e. The molecule has 68 valence electrons. The summed E-state index contributed by atoms with van der Waals surface area (Å²) in [6.45, 7) is 4.37. The lowest BCUT2D eigenvalue weighted by atomic mass is 10.0. The molecule has 0 aliphatic rings. The number of aromatic nitrogens is 2. The lowest BCUT2D eigenvalue weighted by Gasteiger charge is -2.01. The summed E-state index contributed by atoms with van der Waals surface area (Å²) >= 11 is 3.42. The number of fused-ring (bicyclic) bond motifs is 1. The molecule has 0 atom stereocenters. The molecule has 2 aromatic rings. The summed E-state index contributed by atoms with van der Waals surface area (Å²) in [7, 11) is 0. The molecule has 0 aliphatic carbocycles. The van der Waals surface area contributed by atoms with Crippen LogP contribution < -0.4 is 0 Å². The van der Waals surface area contributed by atoms with Crippen LogP contribution in [-0.2, 0) is 0 Å². The average molecular weight is 239 g/mol. The Labute approximate surface area is 85.5 Å². The topological polar surface area (TPSA) is 28.7 Å². The molecule has 13 heavy (non-hydrogen) atoms. The van der Waals surface area contributed by atoms with Crippen molar-refractivity contribution >= 4 is 27.0 Å². The lowest BCUT2D eigenvalue weighted by Crippen LogP contribution is -1.84. The summed E-state index contributed by atoms with van der Waals surface area (Å²) in [5.74, 6) is 0.532. The fourth-order valence-corrected chi connectivity index (χ4v) is 1.81. The summed E-state index contributed by atoms with van der Waals surface area (Å²) < 4.78 is 1.03. The van der Waals surface area contributed by atoms with Crippen molar-refractivity contribution in [1.29, 1.82) is 0 Å². The quantitative estimate of drug-likeness (QED) is 0.811. The minimum absolute atomic E-state index is 0.532. The monoisotopic (exact) mass is 238 g/mol. The standard InChI is InChI=1S/C10H11BrN2/c1-6(2)9-5-13-10-8(9)3-7(11)4-12-10/h3-6H,1-2H3,(H,12,13). The van der Waals surface area contributed by atoms with Crippen molar-refractivity contribution in [2.24, 2.45) is 0 Å². The van der Waals surface area contributed by atoms with Crippen LogP contribution in [0.1, 0.15) is 25.3 Å². The summed E-state index contributed by atoms with van der Waals surface area (Å²) in [6.07, 6.45) is 3.84. The molecular weight excluding hydrogens is 228 g/mol. The number of H-pyrrole nitrogens is 1. The maximum atomic E-state index is 4.28. The number of hydrogen-bond donors (Lipinski definition) is 1. The molecule has 0 radical (unpaired) electrons. The second-order valence-corrected chi connectivity index (χ2v) is 4.36. The number of nitrogens with zero attached hydrogens (tertiary/aromatic N) is 1. The smallest absolute Gasteiger partial charge is 0.137 e. The third-order valence-corrected chi connectivity index (χ3v) is 2.59. The first-order chi connectivity index (χ1) is 6.18. The fraction of sp³-hybridized carbons (Fsp3) is 0.300. The van der Waals surface area contributed by atoms with Crippen molar-refractivity contribution in [2.45, 2.75) is 19.8 Å². The van der Waals surface area contributed by atoms with Gasteiger partial charge in [-0.1, -0.05) is 13.8 Å². The number of halogens is 1. The number of pyridine rings is 1. The molecule has 3 heteroatoms. The summed E-state index contributed by atoms with van der Waals surface area (Å²) in [6, 6.07) is 2.11. The third-order valence-electron chi connectivity index (χ3n) is 2.15. The minimum atomic E-state index is 0.532.